The van der Waals surface area contributed by atoms with E-state index in [1.165, 1.54) is 36.6 Å². The summed E-state index contributed by atoms with van der Waals surface area (Å²) in [5, 5.41) is 7.98. The minimum Gasteiger partial charge on any atom is -0.348 e. The second-order valence-corrected chi connectivity index (χ2v) is 7.61. The summed E-state index contributed by atoms with van der Waals surface area (Å²) in [6.45, 7) is 0.174. The van der Waals surface area contributed by atoms with Crippen LogP contribution >= 0.6 is 0 Å². The van der Waals surface area contributed by atoms with Crippen LogP contribution in [0.3, 0.4) is 0 Å². The zero-order chi connectivity index (χ0) is 23.5. The van der Waals surface area contributed by atoms with Crippen LogP contribution in [0.5, 0.6) is 0 Å². The Morgan fingerprint density at radius 3 is 2.73 bits per heavy atom. The number of nitrogens with one attached hydrogen (secondary N) is 1. The lowest BCUT2D eigenvalue weighted by atomic mass is 9.99. The van der Waals surface area contributed by atoms with E-state index in [-0.39, 0.29) is 23.4 Å². The monoisotopic (exact) mass is 465 g/mol. The first-order valence-electron chi connectivity index (χ1n) is 9.86. The first-order chi connectivity index (χ1) is 15.6. The van der Waals surface area contributed by atoms with Gasteiger partial charge in [0.1, 0.15) is 17.4 Å². The zero-order valence-corrected chi connectivity index (χ0v) is 17.0. The number of alkyl halides is 5. The third-order valence-corrected chi connectivity index (χ3v) is 5.63. The minimum atomic E-state index is -4.60. The Bertz CT molecular complexity index is 1350. The third-order valence-electron chi connectivity index (χ3n) is 5.63. The fraction of sp³-hybridized carbons (Fsp3) is 0.300. The summed E-state index contributed by atoms with van der Waals surface area (Å²) in [4.78, 5) is 22.0. The molecule has 0 radical (unpaired) electrons. The number of hydrogen-bond donors (Lipinski definition) is 1. The van der Waals surface area contributed by atoms with Gasteiger partial charge >= 0.3 is 6.18 Å². The van der Waals surface area contributed by atoms with E-state index in [9.17, 15) is 26.7 Å². The molecule has 0 fully saturated rings. The molecule has 0 aromatic carbocycles. The van der Waals surface area contributed by atoms with Gasteiger partial charge in [0.25, 0.3) is 12.3 Å². The molecule has 1 amide bonds. The molecule has 0 unspecified atom stereocenters. The average molecular weight is 465 g/mol. The van der Waals surface area contributed by atoms with Crippen molar-refractivity contribution in [3.05, 3.63) is 70.8 Å². The maximum Gasteiger partial charge on any atom is 0.418 e. The molecule has 13 heteroatoms. The molecule has 172 valence electrons. The van der Waals surface area contributed by atoms with Gasteiger partial charge in [-0.15, -0.1) is 0 Å². The highest BCUT2D eigenvalue weighted by Crippen LogP contribution is 2.37. The lowest BCUT2D eigenvalue weighted by Gasteiger charge is -2.33. The number of carbonyl (C=O) groups excluding carboxylic acids is 1. The van der Waals surface area contributed by atoms with Crippen molar-refractivity contribution in [1.29, 1.82) is 0 Å². The topological polar surface area (TPSA) is 84.1 Å². The SMILES string of the molecule is Cn1nc(C(F)F)cc1C(=O)N1CCc2[nH]cnc2[C@@H]1c1cc2c(C(F)(F)F)cccn2n1. The molecule has 0 spiro atoms. The Balaban J connectivity index is 1.63. The Labute approximate surface area is 182 Å². The number of pyridine rings is 1. The number of carbonyl (C=O) groups is 1. The molecule has 4 aromatic heterocycles. The van der Waals surface area contributed by atoms with E-state index in [2.05, 4.69) is 20.2 Å². The van der Waals surface area contributed by atoms with Gasteiger partial charge in [0.05, 0.1) is 28.8 Å². The van der Waals surface area contributed by atoms with Crippen LogP contribution in [0, 0.1) is 0 Å². The van der Waals surface area contributed by atoms with Gasteiger partial charge in [-0.3, -0.25) is 9.48 Å². The van der Waals surface area contributed by atoms with Crippen molar-refractivity contribution in [3.8, 4) is 0 Å². The maximum absolute atomic E-state index is 13.5. The number of nitrogens with zero attached hydrogens (tertiary/aromatic N) is 6. The lowest BCUT2D eigenvalue weighted by molar-refractivity contribution is -0.136. The summed E-state index contributed by atoms with van der Waals surface area (Å²) < 4.78 is 68.9. The molecule has 4 aromatic rings. The Hall–Kier alpha value is -3.77. The molecule has 1 aliphatic heterocycles. The fourth-order valence-corrected chi connectivity index (χ4v) is 4.15. The van der Waals surface area contributed by atoms with Crippen molar-refractivity contribution in [3.63, 3.8) is 0 Å². The molecule has 0 saturated heterocycles. The van der Waals surface area contributed by atoms with E-state index >= 15 is 0 Å². The largest absolute Gasteiger partial charge is 0.418 e. The van der Waals surface area contributed by atoms with Crippen molar-refractivity contribution in [1.82, 2.24) is 34.3 Å². The maximum atomic E-state index is 13.5. The molecular formula is C20H16F5N7O. The molecule has 5 rings (SSSR count). The van der Waals surface area contributed by atoms with Crippen molar-refractivity contribution >= 4 is 11.4 Å². The van der Waals surface area contributed by atoms with Gasteiger partial charge in [-0.2, -0.15) is 23.4 Å². The minimum absolute atomic E-state index is 0.0750. The summed E-state index contributed by atoms with van der Waals surface area (Å²) in [7, 11) is 1.37. The number of H-pyrrole nitrogens is 1. The number of fused-ring (bicyclic) bond motifs is 2. The van der Waals surface area contributed by atoms with Crippen molar-refractivity contribution in [2.45, 2.75) is 25.1 Å². The highest BCUT2D eigenvalue weighted by atomic mass is 19.4. The number of imidazole rings is 1. The molecule has 0 bridgehead atoms. The molecule has 1 atom stereocenters. The average Bonchev–Trinajstić information content (AvgIpc) is 3.48. The molecule has 5 heterocycles. The number of aromatic nitrogens is 6. The van der Waals surface area contributed by atoms with E-state index in [1.54, 1.807) is 0 Å². The lowest BCUT2D eigenvalue weighted by Crippen LogP contribution is -2.41. The summed E-state index contributed by atoms with van der Waals surface area (Å²) in [6, 6.07) is 3.55. The normalized spacial score (nSPS) is 16.6. The van der Waals surface area contributed by atoms with Crippen LogP contribution in [0.2, 0.25) is 0 Å². The summed E-state index contributed by atoms with van der Waals surface area (Å²) in [6.07, 6.45) is -4.24. The van der Waals surface area contributed by atoms with Crippen LogP contribution in [0.1, 0.15) is 51.3 Å². The van der Waals surface area contributed by atoms with E-state index in [1.807, 2.05) is 0 Å². The first-order valence-corrected chi connectivity index (χ1v) is 9.86. The Morgan fingerprint density at radius 2 is 2.03 bits per heavy atom. The number of aryl methyl sites for hydroxylation is 1. The van der Waals surface area contributed by atoms with Crippen LogP contribution in [0.25, 0.3) is 5.52 Å². The summed E-state index contributed by atoms with van der Waals surface area (Å²) in [5.41, 5.74) is -0.336. The van der Waals surface area contributed by atoms with Crippen LogP contribution in [0.15, 0.2) is 36.8 Å². The van der Waals surface area contributed by atoms with Gasteiger partial charge in [-0.25, -0.2) is 18.3 Å². The number of halogens is 5. The predicted molar refractivity (Wildman–Crippen MR) is 104 cm³/mol. The molecular weight excluding hydrogens is 449 g/mol. The standard InChI is InChI=1S/C20H16F5N7O/c1-30-15(8-13(28-30)18(21)22)19(33)31-6-4-11-16(27-9-26-11)17(31)12-7-14-10(20(23,24)25)3-2-5-32(14)29-12/h2-3,5,7-9,17-18H,4,6H2,1H3,(H,26,27)/t17-/m0/s1. The molecule has 33 heavy (non-hydrogen) atoms. The highest BCUT2D eigenvalue weighted by molar-refractivity contribution is 5.93. The Morgan fingerprint density at radius 1 is 1.24 bits per heavy atom. The number of rotatable bonds is 3. The van der Waals surface area contributed by atoms with Crippen LogP contribution < -0.4 is 0 Å². The van der Waals surface area contributed by atoms with E-state index in [0.717, 1.165) is 27.0 Å². The van der Waals surface area contributed by atoms with Gasteiger partial charge in [0.2, 0.25) is 0 Å². The Kier molecular flexibility index (Phi) is 4.72. The quantitative estimate of drug-likeness (QED) is 0.470. The molecule has 0 aliphatic carbocycles. The number of hydrogen-bond acceptors (Lipinski definition) is 4. The fourth-order valence-electron chi connectivity index (χ4n) is 4.15. The van der Waals surface area contributed by atoms with Crippen LogP contribution in [-0.4, -0.2) is 46.7 Å². The van der Waals surface area contributed by atoms with Gasteiger partial charge < -0.3 is 9.88 Å². The van der Waals surface area contributed by atoms with Gasteiger partial charge in [-0.05, 0) is 24.3 Å². The molecule has 8 nitrogen and oxygen atoms in total. The van der Waals surface area contributed by atoms with Gasteiger partial charge in [0, 0.05) is 31.9 Å². The van der Waals surface area contributed by atoms with Crippen LogP contribution in [0.4, 0.5) is 22.0 Å². The van der Waals surface area contributed by atoms with Crippen molar-refractivity contribution < 1.29 is 26.7 Å². The zero-order valence-electron chi connectivity index (χ0n) is 17.0. The van der Waals surface area contributed by atoms with Crippen LogP contribution in [-0.2, 0) is 19.6 Å². The second kappa shape index (κ2) is 7.39. The smallest absolute Gasteiger partial charge is 0.348 e. The predicted octanol–water partition coefficient (Wildman–Crippen LogP) is 3.54. The van der Waals surface area contributed by atoms with Gasteiger partial charge in [0.15, 0.2) is 0 Å². The van der Waals surface area contributed by atoms with E-state index < -0.39 is 35.8 Å². The van der Waals surface area contributed by atoms with Gasteiger partial charge in [-0.1, -0.05) is 0 Å². The van der Waals surface area contributed by atoms with E-state index in [0.29, 0.717) is 12.1 Å². The molecule has 0 saturated carbocycles. The molecule has 1 N–H and O–H groups in total. The molecule has 1 aliphatic rings. The number of amides is 1. The second-order valence-electron chi connectivity index (χ2n) is 7.61. The third kappa shape index (κ3) is 3.43. The van der Waals surface area contributed by atoms with Crippen molar-refractivity contribution in [2.75, 3.05) is 6.54 Å². The van der Waals surface area contributed by atoms with Crippen molar-refractivity contribution in [2.24, 2.45) is 7.05 Å². The summed E-state index contributed by atoms with van der Waals surface area (Å²) >= 11 is 0. The van der Waals surface area contributed by atoms with E-state index in [4.69, 9.17) is 0 Å². The number of aromatic amines is 1. The highest BCUT2D eigenvalue weighted by Gasteiger charge is 2.39. The first kappa shape index (κ1) is 21.1. The summed E-state index contributed by atoms with van der Waals surface area (Å²) in [5.74, 6) is -0.608.